The molecular weight excluding hydrogens is 176 g/mol. The van der Waals surface area contributed by atoms with Gasteiger partial charge >= 0.3 is 0 Å². The molecular formula is C11H18N2O. The van der Waals surface area contributed by atoms with Crippen LogP contribution in [0.4, 0.5) is 0 Å². The highest BCUT2D eigenvalue weighted by atomic mass is 16.3. The van der Waals surface area contributed by atoms with Crippen molar-refractivity contribution >= 4 is 0 Å². The summed E-state index contributed by atoms with van der Waals surface area (Å²) < 4.78 is 0. The molecule has 0 saturated heterocycles. The molecule has 0 aliphatic heterocycles. The fourth-order valence-corrected chi connectivity index (χ4v) is 1.09. The first-order valence-electron chi connectivity index (χ1n) is 4.85. The Morgan fingerprint density at radius 2 is 2.21 bits per heavy atom. The molecule has 2 N–H and O–H groups in total. The van der Waals surface area contributed by atoms with Crippen LogP contribution < -0.4 is 5.32 Å². The highest BCUT2D eigenvalue weighted by molar-refractivity contribution is 5.02. The first-order valence-corrected chi connectivity index (χ1v) is 4.85. The van der Waals surface area contributed by atoms with Crippen LogP contribution in [0.3, 0.4) is 0 Å². The molecule has 0 bridgehead atoms. The molecule has 0 spiro atoms. The molecule has 0 amide bonds. The molecule has 0 aliphatic carbocycles. The van der Waals surface area contributed by atoms with E-state index < -0.39 is 0 Å². The summed E-state index contributed by atoms with van der Waals surface area (Å²) in [4.78, 5) is 4.20. The third-order valence-corrected chi connectivity index (χ3v) is 2.06. The van der Waals surface area contributed by atoms with Gasteiger partial charge in [-0.05, 0) is 12.1 Å². The van der Waals surface area contributed by atoms with Crippen molar-refractivity contribution in [2.75, 3.05) is 13.2 Å². The summed E-state index contributed by atoms with van der Waals surface area (Å²) in [6.07, 6.45) is 1.79. The van der Waals surface area contributed by atoms with Crippen LogP contribution in [0.1, 0.15) is 19.5 Å². The van der Waals surface area contributed by atoms with Gasteiger partial charge in [0.25, 0.3) is 0 Å². The van der Waals surface area contributed by atoms with Gasteiger partial charge in [-0.1, -0.05) is 19.9 Å². The van der Waals surface area contributed by atoms with E-state index in [9.17, 15) is 0 Å². The molecule has 1 heterocycles. The lowest BCUT2D eigenvalue weighted by molar-refractivity contribution is 0.156. The van der Waals surface area contributed by atoms with E-state index in [0.717, 1.165) is 18.8 Å². The first kappa shape index (κ1) is 11.1. The van der Waals surface area contributed by atoms with Crippen molar-refractivity contribution in [1.29, 1.82) is 0 Å². The average Bonchev–Trinajstić information content (AvgIpc) is 2.19. The molecule has 0 radical (unpaired) electrons. The van der Waals surface area contributed by atoms with E-state index in [0.29, 0.717) is 0 Å². The maximum atomic E-state index is 9.04. The van der Waals surface area contributed by atoms with Crippen molar-refractivity contribution in [3.63, 3.8) is 0 Å². The average molecular weight is 194 g/mol. The Morgan fingerprint density at radius 1 is 1.43 bits per heavy atom. The normalized spacial score (nSPS) is 11.6. The largest absolute Gasteiger partial charge is 0.396 e. The molecule has 0 saturated carbocycles. The lowest BCUT2D eigenvalue weighted by atomic mass is 9.95. The van der Waals surface area contributed by atoms with Gasteiger partial charge in [-0.25, -0.2) is 0 Å². The minimum Gasteiger partial charge on any atom is -0.396 e. The predicted octanol–water partition coefficient (Wildman–Crippen LogP) is 1.19. The molecule has 1 rings (SSSR count). The predicted molar refractivity (Wildman–Crippen MR) is 56.8 cm³/mol. The van der Waals surface area contributed by atoms with Gasteiger partial charge in [-0.15, -0.1) is 0 Å². The summed E-state index contributed by atoms with van der Waals surface area (Å²) in [5.41, 5.74) is 0.968. The molecule has 3 heteroatoms. The topological polar surface area (TPSA) is 45.1 Å². The van der Waals surface area contributed by atoms with E-state index in [1.54, 1.807) is 6.20 Å². The Hall–Kier alpha value is -0.930. The van der Waals surface area contributed by atoms with Gasteiger partial charge in [0.15, 0.2) is 0 Å². The summed E-state index contributed by atoms with van der Waals surface area (Å²) in [6.45, 7) is 5.80. The lowest BCUT2D eigenvalue weighted by Gasteiger charge is -2.21. The second kappa shape index (κ2) is 5.08. The van der Waals surface area contributed by atoms with E-state index in [2.05, 4.69) is 10.3 Å². The lowest BCUT2D eigenvalue weighted by Crippen LogP contribution is -2.32. The Kier molecular flexibility index (Phi) is 4.04. The molecule has 0 aromatic carbocycles. The number of hydrogen-bond acceptors (Lipinski definition) is 3. The van der Waals surface area contributed by atoms with Crippen LogP contribution in [-0.2, 0) is 6.54 Å². The van der Waals surface area contributed by atoms with Gasteiger partial charge in [-0.2, -0.15) is 0 Å². The van der Waals surface area contributed by atoms with E-state index in [-0.39, 0.29) is 12.0 Å². The second-order valence-corrected chi connectivity index (χ2v) is 4.25. The number of aliphatic hydroxyl groups is 1. The molecule has 3 nitrogen and oxygen atoms in total. The van der Waals surface area contributed by atoms with Gasteiger partial charge in [0.2, 0.25) is 0 Å². The van der Waals surface area contributed by atoms with E-state index in [4.69, 9.17) is 5.11 Å². The molecule has 1 aromatic rings. The van der Waals surface area contributed by atoms with E-state index in [1.807, 2.05) is 32.0 Å². The second-order valence-electron chi connectivity index (χ2n) is 4.25. The zero-order valence-corrected chi connectivity index (χ0v) is 8.83. The van der Waals surface area contributed by atoms with Crippen LogP contribution in [0.2, 0.25) is 0 Å². The van der Waals surface area contributed by atoms with Crippen molar-refractivity contribution < 1.29 is 5.11 Å². The van der Waals surface area contributed by atoms with Crippen molar-refractivity contribution in [2.24, 2.45) is 5.41 Å². The Balaban J connectivity index is 2.29. The summed E-state index contributed by atoms with van der Waals surface area (Å²) in [7, 11) is 0. The zero-order chi connectivity index (χ0) is 10.4. The Labute approximate surface area is 85.2 Å². The molecule has 14 heavy (non-hydrogen) atoms. The summed E-state index contributed by atoms with van der Waals surface area (Å²) in [5.74, 6) is 0. The summed E-state index contributed by atoms with van der Waals surface area (Å²) in [5, 5.41) is 12.3. The number of aliphatic hydroxyl groups excluding tert-OH is 1. The van der Waals surface area contributed by atoms with Gasteiger partial charge in [-0.3, -0.25) is 4.98 Å². The molecule has 78 valence electrons. The Morgan fingerprint density at radius 3 is 2.79 bits per heavy atom. The molecule has 1 aromatic heterocycles. The minimum atomic E-state index is -0.0607. The Bertz CT molecular complexity index is 259. The first-order chi connectivity index (χ1) is 6.64. The molecule has 0 atom stereocenters. The third-order valence-electron chi connectivity index (χ3n) is 2.06. The van der Waals surface area contributed by atoms with Crippen LogP contribution in [0.5, 0.6) is 0 Å². The van der Waals surface area contributed by atoms with Crippen LogP contribution in [0.25, 0.3) is 0 Å². The SMILES string of the molecule is CC(C)(CO)CNCc1ccccn1. The fourth-order valence-electron chi connectivity index (χ4n) is 1.09. The summed E-state index contributed by atoms with van der Waals surface area (Å²) >= 11 is 0. The minimum absolute atomic E-state index is 0.0607. The van der Waals surface area contributed by atoms with E-state index >= 15 is 0 Å². The fraction of sp³-hybridized carbons (Fsp3) is 0.545. The van der Waals surface area contributed by atoms with Crippen molar-refractivity contribution in [3.05, 3.63) is 30.1 Å². The smallest absolute Gasteiger partial charge is 0.0541 e. The van der Waals surface area contributed by atoms with E-state index in [1.165, 1.54) is 0 Å². The van der Waals surface area contributed by atoms with Gasteiger partial charge in [0.05, 0.1) is 5.69 Å². The van der Waals surface area contributed by atoms with Crippen LogP contribution in [0.15, 0.2) is 24.4 Å². The molecule has 0 fully saturated rings. The number of aromatic nitrogens is 1. The van der Waals surface area contributed by atoms with Gasteiger partial charge in [0, 0.05) is 31.3 Å². The van der Waals surface area contributed by atoms with Gasteiger partial charge < -0.3 is 10.4 Å². The van der Waals surface area contributed by atoms with Crippen molar-refractivity contribution in [3.8, 4) is 0 Å². The highest BCUT2D eigenvalue weighted by Gasteiger charge is 2.15. The monoisotopic (exact) mass is 194 g/mol. The van der Waals surface area contributed by atoms with Crippen LogP contribution in [0, 0.1) is 5.41 Å². The number of pyridine rings is 1. The van der Waals surface area contributed by atoms with Crippen molar-refractivity contribution in [1.82, 2.24) is 10.3 Å². The van der Waals surface area contributed by atoms with Crippen molar-refractivity contribution in [2.45, 2.75) is 20.4 Å². The third kappa shape index (κ3) is 3.85. The quantitative estimate of drug-likeness (QED) is 0.740. The zero-order valence-electron chi connectivity index (χ0n) is 8.83. The van der Waals surface area contributed by atoms with Gasteiger partial charge in [0.1, 0.15) is 0 Å². The highest BCUT2D eigenvalue weighted by Crippen LogP contribution is 2.11. The maximum Gasteiger partial charge on any atom is 0.0541 e. The summed E-state index contributed by atoms with van der Waals surface area (Å²) in [6, 6.07) is 5.86. The molecule has 0 unspecified atom stereocenters. The maximum absolute atomic E-state index is 9.04. The standard InChI is InChI=1S/C11H18N2O/c1-11(2,9-14)8-12-7-10-5-3-4-6-13-10/h3-6,12,14H,7-9H2,1-2H3. The number of nitrogens with one attached hydrogen (secondary N) is 1. The number of nitrogens with zero attached hydrogens (tertiary/aromatic N) is 1. The van der Waals surface area contributed by atoms with Crippen LogP contribution >= 0.6 is 0 Å². The molecule has 0 aliphatic rings. The number of hydrogen-bond donors (Lipinski definition) is 2. The van der Waals surface area contributed by atoms with Crippen LogP contribution in [-0.4, -0.2) is 23.2 Å². The number of rotatable bonds is 5.